The quantitative estimate of drug-likeness (QED) is 0.532. The average molecular weight is 204 g/mol. The normalized spacial score (nSPS) is 12.8. The van der Waals surface area contributed by atoms with E-state index in [1.807, 2.05) is 0 Å². The fraction of sp³-hybridized carbons (Fsp3) is 0.429. The summed E-state index contributed by atoms with van der Waals surface area (Å²) in [5.41, 5.74) is -1.94. The highest BCUT2D eigenvalue weighted by Crippen LogP contribution is 1.88. The maximum absolute atomic E-state index is 12.7. The molecular formula is C7H9FN2O4. The molecule has 0 aliphatic heterocycles. The Morgan fingerprint density at radius 3 is 2.79 bits per heavy atom. The van der Waals surface area contributed by atoms with Crippen molar-refractivity contribution in [1.82, 2.24) is 9.55 Å². The zero-order valence-electron chi connectivity index (χ0n) is 7.11. The van der Waals surface area contributed by atoms with Crippen molar-refractivity contribution in [3.05, 3.63) is 32.9 Å². The van der Waals surface area contributed by atoms with Crippen LogP contribution in [0.15, 0.2) is 15.8 Å². The number of nitrogens with one attached hydrogen (secondary N) is 1. The summed E-state index contributed by atoms with van der Waals surface area (Å²) in [6, 6.07) is 0. The third-order valence-corrected chi connectivity index (χ3v) is 1.59. The Kier molecular flexibility index (Phi) is 3.15. The van der Waals surface area contributed by atoms with Gasteiger partial charge in [-0.25, -0.2) is 4.79 Å². The van der Waals surface area contributed by atoms with E-state index in [1.54, 1.807) is 4.98 Å². The maximum atomic E-state index is 12.7. The van der Waals surface area contributed by atoms with Crippen LogP contribution < -0.4 is 11.2 Å². The number of H-pyrrole nitrogens is 1. The lowest BCUT2D eigenvalue weighted by Crippen LogP contribution is -2.35. The molecule has 7 heteroatoms. The summed E-state index contributed by atoms with van der Waals surface area (Å²) < 4.78 is 13.4. The fourth-order valence-electron chi connectivity index (χ4n) is 0.903. The number of hydrogen-bond acceptors (Lipinski definition) is 4. The minimum Gasteiger partial charge on any atom is -0.394 e. The van der Waals surface area contributed by atoms with E-state index in [1.165, 1.54) is 0 Å². The lowest BCUT2D eigenvalue weighted by atomic mass is 10.4. The van der Waals surface area contributed by atoms with E-state index in [-0.39, 0.29) is 6.54 Å². The first-order valence-corrected chi connectivity index (χ1v) is 3.82. The van der Waals surface area contributed by atoms with Crippen molar-refractivity contribution < 1.29 is 14.6 Å². The van der Waals surface area contributed by atoms with E-state index in [9.17, 15) is 14.0 Å². The summed E-state index contributed by atoms with van der Waals surface area (Å²) >= 11 is 0. The molecule has 0 aliphatic carbocycles. The third kappa shape index (κ3) is 2.27. The van der Waals surface area contributed by atoms with Gasteiger partial charge in [-0.2, -0.15) is 4.39 Å². The largest absolute Gasteiger partial charge is 0.394 e. The third-order valence-electron chi connectivity index (χ3n) is 1.59. The first-order chi connectivity index (χ1) is 6.54. The van der Waals surface area contributed by atoms with Gasteiger partial charge in [-0.1, -0.05) is 0 Å². The molecule has 3 N–H and O–H groups in total. The topological polar surface area (TPSA) is 95.3 Å². The molecule has 0 radical (unpaired) electrons. The monoisotopic (exact) mass is 204 g/mol. The van der Waals surface area contributed by atoms with E-state index in [0.717, 1.165) is 4.57 Å². The van der Waals surface area contributed by atoms with E-state index >= 15 is 0 Å². The minimum atomic E-state index is -1.17. The van der Waals surface area contributed by atoms with Crippen molar-refractivity contribution >= 4 is 0 Å². The molecule has 78 valence electrons. The Labute approximate surface area is 77.3 Å². The predicted molar refractivity (Wildman–Crippen MR) is 44.4 cm³/mol. The molecule has 1 atom stereocenters. The van der Waals surface area contributed by atoms with Gasteiger partial charge in [0.05, 0.1) is 25.5 Å². The van der Waals surface area contributed by atoms with Gasteiger partial charge in [-0.3, -0.25) is 14.3 Å². The van der Waals surface area contributed by atoms with Gasteiger partial charge < -0.3 is 10.2 Å². The number of nitrogens with zero attached hydrogens (tertiary/aromatic N) is 1. The molecule has 1 aromatic rings. The van der Waals surface area contributed by atoms with Crippen LogP contribution >= 0.6 is 0 Å². The van der Waals surface area contributed by atoms with E-state index in [4.69, 9.17) is 10.2 Å². The van der Waals surface area contributed by atoms with Crippen LogP contribution in [0.2, 0.25) is 0 Å². The van der Waals surface area contributed by atoms with Gasteiger partial charge in [-0.05, 0) is 0 Å². The number of aliphatic hydroxyl groups excluding tert-OH is 2. The Morgan fingerprint density at radius 2 is 2.21 bits per heavy atom. The van der Waals surface area contributed by atoms with E-state index in [2.05, 4.69) is 0 Å². The van der Waals surface area contributed by atoms with E-state index in [0.29, 0.717) is 6.20 Å². The van der Waals surface area contributed by atoms with Crippen LogP contribution in [0.1, 0.15) is 0 Å². The van der Waals surface area contributed by atoms with Crippen molar-refractivity contribution in [2.45, 2.75) is 12.6 Å². The predicted octanol–water partition coefficient (Wildman–Crippen LogP) is -1.97. The minimum absolute atomic E-state index is 0.275. The van der Waals surface area contributed by atoms with Gasteiger partial charge in [0.15, 0.2) is 0 Å². The Morgan fingerprint density at radius 1 is 1.57 bits per heavy atom. The summed E-state index contributed by atoms with van der Waals surface area (Å²) in [4.78, 5) is 23.3. The zero-order valence-corrected chi connectivity index (χ0v) is 7.11. The SMILES string of the molecule is O=c1[nH]c(=O)n(C[C@H](O)CO)cc1F. The van der Waals surface area contributed by atoms with Crippen LogP contribution in [0.25, 0.3) is 0 Å². The van der Waals surface area contributed by atoms with E-state index < -0.39 is 29.8 Å². The molecule has 0 amide bonds. The molecule has 1 heterocycles. The highest BCUT2D eigenvalue weighted by Gasteiger charge is 2.07. The summed E-state index contributed by atoms with van der Waals surface area (Å²) in [6.07, 6.45) is -0.488. The van der Waals surface area contributed by atoms with Crippen molar-refractivity contribution in [3.8, 4) is 0 Å². The first kappa shape index (κ1) is 10.6. The van der Waals surface area contributed by atoms with Gasteiger partial charge in [-0.15, -0.1) is 0 Å². The second-order valence-corrected chi connectivity index (χ2v) is 2.73. The Bertz CT molecular complexity index is 424. The smallest absolute Gasteiger partial charge is 0.328 e. The van der Waals surface area contributed by atoms with Gasteiger partial charge in [0.2, 0.25) is 5.82 Å². The van der Waals surface area contributed by atoms with Crippen molar-refractivity contribution in [3.63, 3.8) is 0 Å². The summed E-state index contributed by atoms with van der Waals surface area (Å²) in [5.74, 6) is -1.12. The lowest BCUT2D eigenvalue weighted by molar-refractivity contribution is 0.0797. The molecule has 0 fully saturated rings. The van der Waals surface area contributed by atoms with Gasteiger partial charge in [0, 0.05) is 0 Å². The Balaban J connectivity index is 3.04. The van der Waals surface area contributed by atoms with Crippen LogP contribution in [0.4, 0.5) is 4.39 Å². The highest BCUT2D eigenvalue weighted by atomic mass is 19.1. The first-order valence-electron chi connectivity index (χ1n) is 3.82. The van der Waals surface area contributed by atoms with Gasteiger partial charge in [0.25, 0.3) is 5.56 Å². The van der Waals surface area contributed by atoms with Crippen LogP contribution in [-0.2, 0) is 6.54 Å². The number of hydrogen-bond donors (Lipinski definition) is 3. The van der Waals surface area contributed by atoms with Crippen LogP contribution in [-0.4, -0.2) is 32.5 Å². The molecule has 0 saturated carbocycles. The summed E-state index contributed by atoms with van der Waals surface area (Å²) in [7, 11) is 0. The summed E-state index contributed by atoms with van der Waals surface area (Å²) in [5, 5.41) is 17.5. The second-order valence-electron chi connectivity index (χ2n) is 2.73. The van der Waals surface area contributed by atoms with Gasteiger partial charge in [0.1, 0.15) is 0 Å². The second kappa shape index (κ2) is 4.16. The zero-order chi connectivity index (χ0) is 10.7. The molecule has 0 saturated heterocycles. The number of halogens is 1. The summed E-state index contributed by atoms with van der Waals surface area (Å²) in [6.45, 7) is -0.823. The van der Waals surface area contributed by atoms with Crippen molar-refractivity contribution in [1.29, 1.82) is 0 Å². The maximum Gasteiger partial charge on any atom is 0.328 e. The molecule has 14 heavy (non-hydrogen) atoms. The van der Waals surface area contributed by atoms with Crippen LogP contribution in [0.3, 0.4) is 0 Å². The van der Waals surface area contributed by atoms with Crippen molar-refractivity contribution in [2.75, 3.05) is 6.61 Å². The molecule has 0 unspecified atom stereocenters. The number of aromatic amines is 1. The molecule has 0 aromatic carbocycles. The molecule has 1 aromatic heterocycles. The van der Waals surface area contributed by atoms with Crippen LogP contribution in [0.5, 0.6) is 0 Å². The molecule has 0 aliphatic rings. The number of rotatable bonds is 3. The highest BCUT2D eigenvalue weighted by molar-refractivity contribution is 4.87. The molecule has 0 spiro atoms. The Hall–Kier alpha value is -1.47. The number of aromatic nitrogens is 2. The number of aliphatic hydroxyl groups is 2. The molecule has 1 rings (SSSR count). The fourth-order valence-corrected chi connectivity index (χ4v) is 0.903. The molecule has 6 nitrogen and oxygen atoms in total. The lowest BCUT2D eigenvalue weighted by Gasteiger charge is -2.08. The van der Waals surface area contributed by atoms with Crippen LogP contribution in [0, 0.1) is 5.82 Å². The molecular weight excluding hydrogens is 195 g/mol. The molecule has 0 bridgehead atoms. The standard InChI is InChI=1S/C7H9FN2O4/c8-5-2-10(1-4(12)3-11)7(14)9-6(5)13/h2,4,11-12H,1,3H2,(H,9,13,14)/t4-/m0/s1. The average Bonchev–Trinajstić information content (AvgIpc) is 2.14. The van der Waals surface area contributed by atoms with Crippen molar-refractivity contribution in [2.24, 2.45) is 0 Å². The van der Waals surface area contributed by atoms with Gasteiger partial charge >= 0.3 is 5.69 Å².